The van der Waals surface area contributed by atoms with Crippen molar-refractivity contribution in [1.29, 1.82) is 0 Å². The molecule has 0 aliphatic heterocycles. The molecule has 0 heterocycles. The Hall–Kier alpha value is -2.24. The summed E-state index contributed by atoms with van der Waals surface area (Å²) < 4.78 is 4.94. The van der Waals surface area contributed by atoms with Gasteiger partial charge in [-0.05, 0) is 23.8 Å². The van der Waals surface area contributed by atoms with Gasteiger partial charge in [0.2, 0.25) is 0 Å². The second-order valence-electron chi connectivity index (χ2n) is 4.27. The summed E-state index contributed by atoms with van der Waals surface area (Å²) in [4.78, 5) is 23.3. The van der Waals surface area contributed by atoms with E-state index in [2.05, 4.69) is 10.9 Å². The number of carbonyl (C=O) groups excluding carboxylic acids is 2. The predicted octanol–water partition coefficient (Wildman–Crippen LogP) is 3.56. The molecule has 2 N–H and O–H groups in total. The minimum atomic E-state index is -0.776. The lowest BCUT2D eigenvalue weighted by atomic mass is 10.2. The Morgan fingerprint density at radius 1 is 1.00 bits per heavy atom. The van der Waals surface area contributed by atoms with Crippen molar-refractivity contribution in [2.45, 2.75) is 6.61 Å². The van der Waals surface area contributed by atoms with Crippen LogP contribution in [0.4, 0.5) is 4.79 Å². The van der Waals surface area contributed by atoms with E-state index in [0.29, 0.717) is 5.02 Å². The third-order valence-corrected chi connectivity index (χ3v) is 3.21. The Labute approximate surface area is 137 Å². The first-order chi connectivity index (χ1) is 10.6. The van der Waals surface area contributed by atoms with Crippen molar-refractivity contribution in [3.8, 4) is 0 Å². The van der Waals surface area contributed by atoms with E-state index in [1.807, 2.05) is 30.3 Å². The van der Waals surface area contributed by atoms with Gasteiger partial charge in [0.15, 0.2) is 0 Å². The third kappa shape index (κ3) is 4.65. The fourth-order valence-corrected chi connectivity index (χ4v) is 2.10. The molecule has 0 fully saturated rings. The van der Waals surface area contributed by atoms with Crippen LogP contribution in [-0.4, -0.2) is 12.0 Å². The Balaban J connectivity index is 1.82. The molecular formula is C15H12Cl2N2O3. The maximum absolute atomic E-state index is 11.8. The topological polar surface area (TPSA) is 67.4 Å². The molecule has 0 aliphatic carbocycles. The Morgan fingerprint density at radius 2 is 1.73 bits per heavy atom. The van der Waals surface area contributed by atoms with Crippen LogP contribution in [0.5, 0.6) is 0 Å². The monoisotopic (exact) mass is 338 g/mol. The van der Waals surface area contributed by atoms with Crippen LogP contribution in [0.3, 0.4) is 0 Å². The van der Waals surface area contributed by atoms with Crippen molar-refractivity contribution < 1.29 is 14.3 Å². The summed E-state index contributed by atoms with van der Waals surface area (Å²) in [5.41, 5.74) is 5.37. The van der Waals surface area contributed by atoms with Crippen molar-refractivity contribution in [3.63, 3.8) is 0 Å². The molecule has 7 heteroatoms. The van der Waals surface area contributed by atoms with Crippen LogP contribution < -0.4 is 10.9 Å². The van der Waals surface area contributed by atoms with Gasteiger partial charge < -0.3 is 4.74 Å². The van der Waals surface area contributed by atoms with Crippen molar-refractivity contribution in [1.82, 2.24) is 10.9 Å². The number of amides is 2. The van der Waals surface area contributed by atoms with Crippen molar-refractivity contribution in [3.05, 3.63) is 69.7 Å². The van der Waals surface area contributed by atoms with E-state index in [1.54, 1.807) is 0 Å². The number of hydrogen-bond donors (Lipinski definition) is 2. The lowest BCUT2D eigenvalue weighted by Gasteiger charge is -2.09. The average Bonchev–Trinajstić information content (AvgIpc) is 2.51. The van der Waals surface area contributed by atoms with Gasteiger partial charge in [-0.25, -0.2) is 10.2 Å². The fraction of sp³-hybridized carbons (Fsp3) is 0.0667. The molecule has 0 aromatic heterocycles. The summed E-state index contributed by atoms with van der Waals surface area (Å²) in [7, 11) is 0. The smallest absolute Gasteiger partial charge is 0.426 e. The summed E-state index contributed by atoms with van der Waals surface area (Å²) in [6, 6.07) is 13.6. The highest BCUT2D eigenvalue weighted by molar-refractivity contribution is 6.36. The van der Waals surface area contributed by atoms with Crippen molar-refractivity contribution in [2.75, 3.05) is 0 Å². The maximum Gasteiger partial charge on any atom is 0.426 e. The summed E-state index contributed by atoms with van der Waals surface area (Å²) >= 11 is 11.6. The standard InChI is InChI=1S/C15H12Cl2N2O3/c16-11-6-7-12(13(17)8-11)14(20)18-19-15(21)22-9-10-4-2-1-3-5-10/h1-8H,9H2,(H,18,20)(H,19,21). The average molecular weight is 339 g/mol. The second-order valence-corrected chi connectivity index (χ2v) is 5.11. The SMILES string of the molecule is O=C(NNC(=O)c1ccc(Cl)cc1Cl)OCc1ccccc1. The normalized spacial score (nSPS) is 9.91. The molecule has 0 bridgehead atoms. The molecule has 0 spiro atoms. The Morgan fingerprint density at radius 3 is 2.41 bits per heavy atom. The summed E-state index contributed by atoms with van der Waals surface area (Å²) in [5.74, 6) is -0.571. The first-order valence-corrected chi connectivity index (χ1v) is 7.04. The third-order valence-electron chi connectivity index (χ3n) is 2.67. The molecule has 0 saturated carbocycles. The first kappa shape index (κ1) is 16.1. The van der Waals surface area contributed by atoms with Gasteiger partial charge >= 0.3 is 6.09 Å². The van der Waals surface area contributed by atoms with Gasteiger partial charge in [0.05, 0.1) is 10.6 Å². The molecule has 0 atom stereocenters. The van der Waals surface area contributed by atoms with Gasteiger partial charge in [-0.3, -0.25) is 10.2 Å². The van der Waals surface area contributed by atoms with Crippen LogP contribution in [0.15, 0.2) is 48.5 Å². The molecule has 2 amide bonds. The van der Waals surface area contributed by atoms with Gasteiger partial charge in [-0.15, -0.1) is 0 Å². The minimum Gasteiger partial charge on any atom is -0.443 e. The van der Waals surface area contributed by atoms with E-state index in [0.717, 1.165) is 5.56 Å². The number of nitrogens with one attached hydrogen (secondary N) is 2. The highest BCUT2D eigenvalue weighted by Gasteiger charge is 2.12. The molecule has 0 radical (unpaired) electrons. The number of hydrogen-bond acceptors (Lipinski definition) is 3. The molecule has 2 aromatic carbocycles. The predicted molar refractivity (Wildman–Crippen MR) is 83.7 cm³/mol. The number of carbonyl (C=O) groups is 2. The molecule has 114 valence electrons. The second kappa shape index (κ2) is 7.68. The zero-order valence-electron chi connectivity index (χ0n) is 11.3. The summed E-state index contributed by atoms with van der Waals surface area (Å²) in [5, 5.41) is 0.598. The van der Waals surface area contributed by atoms with Gasteiger partial charge in [0.25, 0.3) is 5.91 Å². The van der Waals surface area contributed by atoms with Crippen LogP contribution in [0.1, 0.15) is 15.9 Å². The molecule has 22 heavy (non-hydrogen) atoms. The summed E-state index contributed by atoms with van der Waals surface area (Å²) in [6.07, 6.45) is -0.776. The minimum absolute atomic E-state index is 0.101. The van der Waals surface area contributed by atoms with Crippen LogP contribution >= 0.6 is 23.2 Å². The van der Waals surface area contributed by atoms with Crippen LogP contribution in [0.2, 0.25) is 10.0 Å². The maximum atomic E-state index is 11.8. The molecule has 2 rings (SSSR count). The fourth-order valence-electron chi connectivity index (χ4n) is 1.61. The van der Waals surface area contributed by atoms with E-state index >= 15 is 0 Å². The van der Waals surface area contributed by atoms with Crippen molar-refractivity contribution in [2.24, 2.45) is 0 Å². The van der Waals surface area contributed by atoms with Gasteiger partial charge in [-0.2, -0.15) is 0 Å². The lowest BCUT2D eigenvalue weighted by Crippen LogP contribution is -2.41. The van der Waals surface area contributed by atoms with Gasteiger partial charge in [0.1, 0.15) is 6.61 Å². The van der Waals surface area contributed by atoms with Crippen LogP contribution in [0.25, 0.3) is 0 Å². The molecular weight excluding hydrogens is 327 g/mol. The van der Waals surface area contributed by atoms with Gasteiger partial charge in [-0.1, -0.05) is 53.5 Å². The van der Waals surface area contributed by atoms with Crippen LogP contribution in [-0.2, 0) is 11.3 Å². The number of hydrazine groups is 1. The zero-order chi connectivity index (χ0) is 15.9. The van der Waals surface area contributed by atoms with E-state index in [-0.39, 0.29) is 17.2 Å². The molecule has 5 nitrogen and oxygen atoms in total. The van der Waals surface area contributed by atoms with Crippen LogP contribution in [0, 0.1) is 0 Å². The first-order valence-electron chi connectivity index (χ1n) is 6.28. The van der Waals surface area contributed by atoms with E-state index in [9.17, 15) is 9.59 Å². The Kier molecular flexibility index (Phi) is 5.63. The van der Waals surface area contributed by atoms with Crippen molar-refractivity contribution >= 4 is 35.2 Å². The zero-order valence-corrected chi connectivity index (χ0v) is 12.8. The van der Waals surface area contributed by atoms with E-state index in [4.69, 9.17) is 27.9 Å². The number of halogens is 2. The largest absolute Gasteiger partial charge is 0.443 e. The van der Waals surface area contributed by atoms with Gasteiger partial charge in [0, 0.05) is 5.02 Å². The van der Waals surface area contributed by atoms with E-state index < -0.39 is 12.0 Å². The lowest BCUT2D eigenvalue weighted by molar-refractivity contribution is 0.0905. The molecule has 0 unspecified atom stereocenters. The molecule has 0 aliphatic rings. The number of benzene rings is 2. The molecule has 0 saturated heterocycles. The number of rotatable bonds is 3. The Bertz CT molecular complexity index is 678. The number of ether oxygens (including phenoxy) is 1. The molecule has 2 aromatic rings. The quantitative estimate of drug-likeness (QED) is 0.840. The highest BCUT2D eigenvalue weighted by Crippen LogP contribution is 2.20. The highest BCUT2D eigenvalue weighted by atomic mass is 35.5. The van der Waals surface area contributed by atoms with E-state index in [1.165, 1.54) is 18.2 Å². The summed E-state index contributed by atoms with van der Waals surface area (Å²) in [6.45, 7) is 0.101.